The Morgan fingerprint density at radius 1 is 1.62 bits per heavy atom. The minimum atomic E-state index is -0.588. The maximum atomic E-state index is 9.96. The number of hydrogen-bond donors (Lipinski definition) is 1. The van der Waals surface area contributed by atoms with Gasteiger partial charge < -0.3 is 5.73 Å². The summed E-state index contributed by atoms with van der Waals surface area (Å²) in [6.45, 7) is 1.51. The Labute approximate surface area is 47.2 Å². The monoisotopic (exact) mass is 113 g/mol. The third-order valence-corrected chi connectivity index (χ3v) is 0.556. The van der Waals surface area contributed by atoms with Crippen molar-refractivity contribution in [3.05, 3.63) is 11.6 Å². The predicted octanol–water partition coefficient (Wildman–Crippen LogP) is -0.383. The molecule has 3 heteroatoms. The zero-order chi connectivity index (χ0) is 6.57. The second-order valence-electron chi connectivity index (χ2n) is 1.41. The van der Waals surface area contributed by atoms with E-state index < -0.39 is 5.91 Å². The van der Waals surface area contributed by atoms with Crippen LogP contribution in [0.15, 0.2) is 11.6 Å². The summed E-state index contributed by atoms with van der Waals surface area (Å²) in [5.74, 6) is -0.588. The van der Waals surface area contributed by atoms with E-state index in [9.17, 15) is 9.59 Å². The third-order valence-electron chi connectivity index (χ3n) is 0.556. The number of hydrogen-bond acceptors (Lipinski definition) is 2. The molecular formula is C5H7NO2. The van der Waals surface area contributed by atoms with Crippen LogP contribution in [0.3, 0.4) is 0 Å². The minimum absolute atomic E-state index is 0.345. The second kappa shape index (κ2) is 2.96. The lowest BCUT2D eigenvalue weighted by Gasteiger charge is -1.80. The molecule has 0 rings (SSSR count). The van der Waals surface area contributed by atoms with Crippen molar-refractivity contribution in [2.75, 3.05) is 0 Å². The van der Waals surface area contributed by atoms with E-state index in [4.69, 9.17) is 5.73 Å². The van der Waals surface area contributed by atoms with Crippen LogP contribution in [-0.2, 0) is 9.59 Å². The normalized spacial score (nSPS) is 10.9. The third kappa shape index (κ3) is 3.08. The van der Waals surface area contributed by atoms with Gasteiger partial charge in [0.15, 0.2) is 0 Å². The molecule has 3 nitrogen and oxygen atoms in total. The minimum Gasteiger partial charge on any atom is -0.366 e. The zero-order valence-corrected chi connectivity index (χ0v) is 4.55. The van der Waals surface area contributed by atoms with Crippen molar-refractivity contribution in [2.45, 2.75) is 6.92 Å². The Bertz CT molecular complexity index is 137. The van der Waals surface area contributed by atoms with Crippen molar-refractivity contribution in [1.82, 2.24) is 0 Å². The Hall–Kier alpha value is -1.12. The van der Waals surface area contributed by atoms with Crippen molar-refractivity contribution in [3.63, 3.8) is 0 Å². The Kier molecular flexibility index (Phi) is 2.54. The number of rotatable bonds is 2. The smallest absolute Gasteiger partial charge is 0.241 e. The van der Waals surface area contributed by atoms with Crippen LogP contribution in [0.5, 0.6) is 0 Å². The van der Waals surface area contributed by atoms with E-state index in [1.54, 1.807) is 0 Å². The molecule has 0 fully saturated rings. The largest absolute Gasteiger partial charge is 0.366 e. The lowest BCUT2D eigenvalue weighted by atomic mass is 10.3. The molecule has 0 aliphatic heterocycles. The lowest BCUT2D eigenvalue weighted by molar-refractivity contribution is -0.114. The average Bonchev–Trinajstić information content (AvgIpc) is 1.65. The summed E-state index contributed by atoms with van der Waals surface area (Å²) in [7, 11) is 0. The molecule has 44 valence electrons. The first-order valence-electron chi connectivity index (χ1n) is 2.09. The number of carbonyl (C=O) groups is 2. The highest BCUT2D eigenvalue weighted by molar-refractivity contribution is 5.91. The van der Waals surface area contributed by atoms with Crippen LogP contribution in [0.2, 0.25) is 0 Å². The van der Waals surface area contributed by atoms with Crippen LogP contribution in [-0.4, -0.2) is 12.2 Å². The Morgan fingerprint density at radius 3 is 2.25 bits per heavy atom. The SMILES string of the molecule is CC(C=O)=CC(N)=O. The van der Waals surface area contributed by atoms with Gasteiger partial charge in [0.05, 0.1) is 0 Å². The second-order valence-corrected chi connectivity index (χ2v) is 1.41. The van der Waals surface area contributed by atoms with Crippen molar-refractivity contribution in [2.24, 2.45) is 5.73 Å². The first-order chi connectivity index (χ1) is 3.66. The number of amides is 1. The molecule has 0 heterocycles. The van der Waals surface area contributed by atoms with Crippen LogP contribution >= 0.6 is 0 Å². The van der Waals surface area contributed by atoms with Gasteiger partial charge in [-0.25, -0.2) is 0 Å². The quantitative estimate of drug-likeness (QED) is 0.392. The van der Waals surface area contributed by atoms with E-state index in [-0.39, 0.29) is 0 Å². The van der Waals surface area contributed by atoms with Gasteiger partial charge in [-0.2, -0.15) is 0 Å². The van der Waals surface area contributed by atoms with Crippen LogP contribution in [0.4, 0.5) is 0 Å². The Balaban J connectivity index is 3.94. The number of carbonyl (C=O) groups excluding carboxylic acids is 2. The fourth-order valence-corrected chi connectivity index (χ4v) is 0.258. The summed E-state index contributed by atoms with van der Waals surface area (Å²) >= 11 is 0. The van der Waals surface area contributed by atoms with Gasteiger partial charge in [-0.1, -0.05) is 0 Å². The van der Waals surface area contributed by atoms with E-state index in [1.807, 2.05) is 0 Å². The molecule has 0 spiro atoms. The molecule has 0 aromatic heterocycles. The van der Waals surface area contributed by atoms with Crippen molar-refractivity contribution in [3.8, 4) is 0 Å². The highest BCUT2D eigenvalue weighted by Crippen LogP contribution is 1.81. The maximum Gasteiger partial charge on any atom is 0.241 e. The summed E-state index contributed by atoms with van der Waals surface area (Å²) in [5.41, 5.74) is 5.04. The molecular weight excluding hydrogens is 106 g/mol. The summed E-state index contributed by atoms with van der Waals surface area (Å²) < 4.78 is 0. The van der Waals surface area contributed by atoms with E-state index in [0.717, 1.165) is 6.08 Å². The van der Waals surface area contributed by atoms with Crippen LogP contribution in [0, 0.1) is 0 Å². The maximum absolute atomic E-state index is 9.96. The van der Waals surface area contributed by atoms with E-state index in [1.165, 1.54) is 6.92 Å². The van der Waals surface area contributed by atoms with Gasteiger partial charge in [-0.05, 0) is 12.5 Å². The number of aldehydes is 1. The van der Waals surface area contributed by atoms with Gasteiger partial charge in [-0.15, -0.1) is 0 Å². The molecule has 0 unspecified atom stereocenters. The van der Waals surface area contributed by atoms with Gasteiger partial charge in [0.25, 0.3) is 0 Å². The molecule has 0 saturated carbocycles. The zero-order valence-electron chi connectivity index (χ0n) is 4.55. The van der Waals surface area contributed by atoms with Gasteiger partial charge >= 0.3 is 0 Å². The number of primary amides is 1. The topological polar surface area (TPSA) is 60.2 Å². The molecule has 0 aromatic carbocycles. The number of nitrogens with two attached hydrogens (primary N) is 1. The standard InChI is InChI=1S/C5H7NO2/c1-4(3-7)2-5(6)8/h2-3H,1H3,(H2,6,8). The van der Waals surface area contributed by atoms with Gasteiger partial charge in [0, 0.05) is 6.08 Å². The van der Waals surface area contributed by atoms with Crippen molar-refractivity contribution < 1.29 is 9.59 Å². The molecule has 0 atom stereocenters. The molecule has 0 aliphatic carbocycles. The van der Waals surface area contributed by atoms with Crippen LogP contribution in [0.1, 0.15) is 6.92 Å². The summed E-state index contributed by atoms with van der Waals surface area (Å²) in [6.07, 6.45) is 1.65. The van der Waals surface area contributed by atoms with E-state index >= 15 is 0 Å². The lowest BCUT2D eigenvalue weighted by Crippen LogP contribution is -2.06. The van der Waals surface area contributed by atoms with Crippen LogP contribution < -0.4 is 5.73 Å². The van der Waals surface area contributed by atoms with E-state index in [0.29, 0.717) is 11.9 Å². The first kappa shape index (κ1) is 6.88. The first-order valence-corrected chi connectivity index (χ1v) is 2.09. The highest BCUT2D eigenvalue weighted by atomic mass is 16.1. The van der Waals surface area contributed by atoms with Crippen molar-refractivity contribution >= 4 is 12.2 Å². The summed E-state index contributed by atoms with van der Waals surface area (Å²) in [6, 6.07) is 0. The molecule has 2 N–H and O–H groups in total. The molecule has 0 radical (unpaired) electrons. The molecule has 0 saturated heterocycles. The number of allylic oxidation sites excluding steroid dienone is 1. The average molecular weight is 113 g/mol. The fourth-order valence-electron chi connectivity index (χ4n) is 0.258. The molecule has 1 amide bonds. The van der Waals surface area contributed by atoms with Gasteiger partial charge in [0.2, 0.25) is 5.91 Å². The molecule has 0 aromatic rings. The molecule has 0 bridgehead atoms. The van der Waals surface area contributed by atoms with Crippen LogP contribution in [0.25, 0.3) is 0 Å². The van der Waals surface area contributed by atoms with Crippen molar-refractivity contribution in [1.29, 1.82) is 0 Å². The fraction of sp³-hybridized carbons (Fsp3) is 0.200. The molecule has 0 aliphatic rings. The summed E-state index contributed by atoms with van der Waals surface area (Å²) in [5, 5.41) is 0. The van der Waals surface area contributed by atoms with E-state index in [2.05, 4.69) is 0 Å². The highest BCUT2D eigenvalue weighted by Gasteiger charge is 1.86. The van der Waals surface area contributed by atoms with Gasteiger partial charge in [-0.3, -0.25) is 9.59 Å². The molecule has 8 heavy (non-hydrogen) atoms. The van der Waals surface area contributed by atoms with Gasteiger partial charge in [0.1, 0.15) is 6.29 Å². The summed E-state index contributed by atoms with van der Waals surface area (Å²) in [4.78, 5) is 19.7. The Morgan fingerprint density at radius 2 is 2.12 bits per heavy atom. The predicted molar refractivity (Wildman–Crippen MR) is 29.0 cm³/mol.